The van der Waals surface area contributed by atoms with E-state index in [4.69, 9.17) is 18.7 Å². The molecule has 0 aliphatic heterocycles. The molecule has 0 unspecified atom stereocenters. The smallest absolute Gasteiger partial charge is 0.407 e. The van der Waals surface area contributed by atoms with E-state index in [1.807, 2.05) is 57.2 Å². The average Bonchev–Trinajstić information content (AvgIpc) is 3.33. The first kappa shape index (κ1) is 28.1. The first-order valence-corrected chi connectivity index (χ1v) is 13.6. The molecule has 1 aliphatic rings. The Kier molecular flexibility index (Phi) is 7.66. The number of nitrogens with zero attached hydrogens (tertiary/aromatic N) is 4. The molecule has 2 aromatic heterocycles. The molecule has 0 spiro atoms. The SMILES string of the molecule is Cc1nc(-c2ccnc(Oc3ccc(C(C)(C)c4ccc(OC5CC(NC(=O)OC(C)(C)C)C5)cc4)cc3)n2)no1. The van der Waals surface area contributed by atoms with Gasteiger partial charge in [0, 0.05) is 37.4 Å². The summed E-state index contributed by atoms with van der Waals surface area (Å²) >= 11 is 0. The minimum atomic E-state index is -0.506. The zero-order valence-electron chi connectivity index (χ0n) is 24.2. The van der Waals surface area contributed by atoms with Gasteiger partial charge in [-0.1, -0.05) is 43.3 Å². The van der Waals surface area contributed by atoms with Crippen molar-refractivity contribution in [2.75, 3.05) is 0 Å². The van der Waals surface area contributed by atoms with Gasteiger partial charge in [0.15, 0.2) is 0 Å². The largest absolute Gasteiger partial charge is 0.490 e. The quantitative estimate of drug-likeness (QED) is 0.263. The summed E-state index contributed by atoms with van der Waals surface area (Å²) in [5, 5.41) is 6.79. The van der Waals surface area contributed by atoms with Crippen molar-refractivity contribution in [1.82, 2.24) is 25.4 Å². The van der Waals surface area contributed by atoms with Crippen molar-refractivity contribution in [2.24, 2.45) is 0 Å². The standard InChI is InChI=1S/C31H35N5O5/c1-19-33-27(36-41-19)26-15-16-32-28(35-26)39-24-13-9-21(10-14-24)31(5,6)20-7-11-23(12-8-20)38-25-17-22(18-25)34-29(37)40-30(2,3)4/h7-16,22,25H,17-18H2,1-6H3,(H,34,37). The number of aryl methyl sites for hydroxylation is 1. The fraction of sp³-hybridized carbons (Fsp3) is 0.387. The van der Waals surface area contributed by atoms with E-state index in [2.05, 4.69) is 51.4 Å². The molecule has 0 atom stereocenters. The number of alkyl carbamates (subject to hydrolysis) is 1. The van der Waals surface area contributed by atoms with Gasteiger partial charge in [0.1, 0.15) is 28.9 Å². The van der Waals surface area contributed by atoms with Crippen LogP contribution in [0.1, 0.15) is 64.5 Å². The molecule has 0 bridgehead atoms. The van der Waals surface area contributed by atoms with Gasteiger partial charge in [0.25, 0.3) is 0 Å². The Labute approximate surface area is 239 Å². The summed E-state index contributed by atoms with van der Waals surface area (Å²) in [6, 6.07) is 18.0. The summed E-state index contributed by atoms with van der Waals surface area (Å²) in [5.74, 6) is 2.28. The average molecular weight is 558 g/mol. The molecule has 0 radical (unpaired) electrons. The molecule has 1 saturated carbocycles. The molecule has 4 aromatic rings. The molecule has 5 rings (SSSR count). The molecule has 214 valence electrons. The Morgan fingerprint density at radius 1 is 0.902 bits per heavy atom. The number of aromatic nitrogens is 4. The summed E-state index contributed by atoms with van der Waals surface area (Å²) in [6.45, 7) is 11.6. The molecule has 10 heteroatoms. The van der Waals surface area contributed by atoms with Crippen LogP contribution in [0, 0.1) is 6.92 Å². The van der Waals surface area contributed by atoms with E-state index < -0.39 is 5.60 Å². The fourth-order valence-corrected chi connectivity index (χ4v) is 4.53. The zero-order valence-corrected chi connectivity index (χ0v) is 24.2. The van der Waals surface area contributed by atoms with Crippen molar-refractivity contribution in [2.45, 2.75) is 77.5 Å². The van der Waals surface area contributed by atoms with Crippen LogP contribution >= 0.6 is 0 Å². The first-order valence-electron chi connectivity index (χ1n) is 13.6. The lowest BCUT2D eigenvalue weighted by atomic mass is 9.78. The Hall–Kier alpha value is -4.47. The Morgan fingerprint density at radius 2 is 1.54 bits per heavy atom. The van der Waals surface area contributed by atoms with Gasteiger partial charge in [-0.25, -0.2) is 9.78 Å². The summed E-state index contributed by atoms with van der Waals surface area (Å²) < 4.78 is 22.4. The molecule has 2 aromatic carbocycles. The van der Waals surface area contributed by atoms with Crippen molar-refractivity contribution < 1.29 is 23.5 Å². The summed E-state index contributed by atoms with van der Waals surface area (Å²) in [6.07, 6.45) is 2.80. The second-order valence-corrected chi connectivity index (χ2v) is 11.7. The van der Waals surface area contributed by atoms with Gasteiger partial charge in [-0.05, 0) is 62.2 Å². The van der Waals surface area contributed by atoms with Crippen LogP contribution in [0.4, 0.5) is 4.79 Å². The monoisotopic (exact) mass is 557 g/mol. The molecule has 10 nitrogen and oxygen atoms in total. The summed E-state index contributed by atoms with van der Waals surface area (Å²) in [4.78, 5) is 24.7. The number of hydrogen-bond acceptors (Lipinski definition) is 9. The van der Waals surface area contributed by atoms with E-state index >= 15 is 0 Å². The van der Waals surface area contributed by atoms with E-state index in [9.17, 15) is 4.79 Å². The predicted molar refractivity (Wildman–Crippen MR) is 152 cm³/mol. The highest BCUT2D eigenvalue weighted by atomic mass is 16.6. The molecule has 1 aliphatic carbocycles. The van der Waals surface area contributed by atoms with Crippen LogP contribution in [0.5, 0.6) is 17.5 Å². The van der Waals surface area contributed by atoms with Crippen molar-refractivity contribution in [1.29, 1.82) is 0 Å². The number of nitrogens with one attached hydrogen (secondary N) is 1. The van der Waals surface area contributed by atoms with E-state index in [-0.39, 0.29) is 29.7 Å². The van der Waals surface area contributed by atoms with Gasteiger partial charge < -0.3 is 24.1 Å². The molecule has 1 amide bonds. The van der Waals surface area contributed by atoms with E-state index in [0.29, 0.717) is 23.2 Å². The third kappa shape index (κ3) is 7.00. The van der Waals surface area contributed by atoms with Gasteiger partial charge in [-0.3, -0.25) is 0 Å². The van der Waals surface area contributed by atoms with Gasteiger partial charge >= 0.3 is 12.1 Å². The van der Waals surface area contributed by atoms with Crippen LogP contribution < -0.4 is 14.8 Å². The van der Waals surface area contributed by atoms with Gasteiger partial charge in [0.2, 0.25) is 11.7 Å². The Morgan fingerprint density at radius 3 is 2.12 bits per heavy atom. The number of hydrogen-bond donors (Lipinski definition) is 1. The third-order valence-electron chi connectivity index (χ3n) is 6.87. The van der Waals surface area contributed by atoms with Crippen LogP contribution in [0.3, 0.4) is 0 Å². The second-order valence-electron chi connectivity index (χ2n) is 11.7. The lowest BCUT2D eigenvalue weighted by molar-refractivity contribution is 0.0363. The van der Waals surface area contributed by atoms with E-state index in [1.165, 1.54) is 0 Å². The normalized spacial score (nSPS) is 16.9. The maximum Gasteiger partial charge on any atom is 0.407 e. The predicted octanol–water partition coefficient (Wildman–Crippen LogP) is 6.39. The minimum absolute atomic E-state index is 0.0716. The van der Waals surface area contributed by atoms with E-state index in [1.54, 1.807) is 19.2 Å². The molecular formula is C31H35N5O5. The number of carbonyl (C=O) groups is 1. The topological polar surface area (TPSA) is 121 Å². The lowest BCUT2D eigenvalue weighted by Crippen LogP contribution is -2.50. The van der Waals surface area contributed by atoms with Crippen molar-refractivity contribution in [3.8, 4) is 29.0 Å². The number of benzene rings is 2. The molecule has 0 saturated heterocycles. The van der Waals surface area contributed by atoms with Gasteiger partial charge in [-0.2, -0.15) is 9.97 Å². The van der Waals surface area contributed by atoms with Crippen LogP contribution in [0.15, 0.2) is 65.3 Å². The summed E-state index contributed by atoms with van der Waals surface area (Å²) in [5.41, 5.74) is 2.05. The maximum atomic E-state index is 11.9. The van der Waals surface area contributed by atoms with Crippen molar-refractivity contribution in [3.63, 3.8) is 0 Å². The highest BCUT2D eigenvalue weighted by molar-refractivity contribution is 5.68. The van der Waals surface area contributed by atoms with Crippen LogP contribution in [-0.4, -0.2) is 43.9 Å². The second kappa shape index (κ2) is 11.2. The highest BCUT2D eigenvalue weighted by Gasteiger charge is 2.33. The minimum Gasteiger partial charge on any atom is -0.490 e. The molecule has 1 fully saturated rings. The number of ether oxygens (including phenoxy) is 3. The zero-order chi connectivity index (χ0) is 29.2. The van der Waals surface area contributed by atoms with Gasteiger partial charge in [-0.15, -0.1) is 0 Å². The molecule has 2 heterocycles. The molecule has 41 heavy (non-hydrogen) atoms. The summed E-state index contributed by atoms with van der Waals surface area (Å²) in [7, 11) is 0. The van der Waals surface area contributed by atoms with E-state index in [0.717, 1.165) is 29.7 Å². The first-order chi connectivity index (χ1) is 19.4. The van der Waals surface area contributed by atoms with Gasteiger partial charge in [0.05, 0.1) is 0 Å². The van der Waals surface area contributed by atoms with Crippen LogP contribution in [0.25, 0.3) is 11.5 Å². The Balaban J connectivity index is 1.15. The van der Waals surface area contributed by atoms with Crippen LogP contribution in [-0.2, 0) is 10.2 Å². The maximum absolute atomic E-state index is 11.9. The molecular weight excluding hydrogens is 522 g/mol. The number of amides is 1. The third-order valence-corrected chi connectivity index (χ3v) is 6.87. The van der Waals surface area contributed by atoms with Crippen molar-refractivity contribution >= 4 is 6.09 Å². The van der Waals surface area contributed by atoms with Crippen molar-refractivity contribution in [3.05, 3.63) is 77.8 Å². The fourth-order valence-electron chi connectivity index (χ4n) is 4.53. The highest BCUT2D eigenvalue weighted by Crippen LogP contribution is 2.35. The van der Waals surface area contributed by atoms with Crippen LogP contribution in [0.2, 0.25) is 0 Å². The Bertz CT molecular complexity index is 1490. The molecule has 1 N–H and O–H groups in total. The number of rotatable bonds is 8. The number of carbonyl (C=O) groups excluding carboxylic acids is 1. The lowest BCUT2D eigenvalue weighted by Gasteiger charge is -2.36.